The summed E-state index contributed by atoms with van der Waals surface area (Å²) in [5.74, 6) is -3.50. The third-order valence-corrected chi connectivity index (χ3v) is 7.18. The molecular formula is C22H36O10S2. The van der Waals surface area contributed by atoms with E-state index in [0.29, 0.717) is 0 Å². The van der Waals surface area contributed by atoms with E-state index < -0.39 is 43.8 Å². The molecule has 0 radical (unpaired) electrons. The second-order valence-corrected chi connectivity index (χ2v) is 10.9. The quantitative estimate of drug-likeness (QED) is 0.153. The van der Waals surface area contributed by atoms with Gasteiger partial charge >= 0.3 is 11.9 Å². The first-order valence-corrected chi connectivity index (χ1v) is 14.2. The molecule has 1 unspecified atom stereocenters. The molecule has 0 fully saturated rings. The number of carbonyl (C=O) groups is 2. The van der Waals surface area contributed by atoms with Crippen molar-refractivity contribution in [2.45, 2.75) is 87.7 Å². The van der Waals surface area contributed by atoms with Gasteiger partial charge in [0, 0.05) is 0 Å². The molecule has 1 rings (SSSR count). The minimum atomic E-state index is -4.84. The Morgan fingerprint density at radius 1 is 0.824 bits per heavy atom. The first-order valence-electron chi connectivity index (χ1n) is 11.3. The summed E-state index contributed by atoms with van der Waals surface area (Å²) in [6, 6.07) is 8.33. The summed E-state index contributed by atoms with van der Waals surface area (Å²) in [4.78, 5) is 20.2. The fourth-order valence-corrected chi connectivity index (χ4v) is 4.46. The number of benzene rings is 1. The van der Waals surface area contributed by atoms with E-state index in [2.05, 4.69) is 6.92 Å². The molecule has 0 aliphatic carbocycles. The van der Waals surface area contributed by atoms with Crippen LogP contribution in [0.15, 0.2) is 35.2 Å². The zero-order chi connectivity index (χ0) is 26.0. The Labute approximate surface area is 202 Å². The van der Waals surface area contributed by atoms with Gasteiger partial charge < -0.3 is 10.2 Å². The van der Waals surface area contributed by atoms with Crippen molar-refractivity contribution in [3.63, 3.8) is 0 Å². The number of carboxylic acid groups (broad SMARTS) is 2. The van der Waals surface area contributed by atoms with E-state index >= 15 is 0 Å². The van der Waals surface area contributed by atoms with Gasteiger partial charge in [0.15, 0.2) is 5.25 Å². The lowest BCUT2D eigenvalue weighted by Crippen LogP contribution is -2.31. The first-order chi connectivity index (χ1) is 15.9. The van der Waals surface area contributed by atoms with Gasteiger partial charge in [0.2, 0.25) is 0 Å². The van der Waals surface area contributed by atoms with Crippen LogP contribution in [-0.2, 0) is 34.0 Å². The van der Waals surface area contributed by atoms with E-state index in [1.54, 1.807) is 30.3 Å². The fourth-order valence-electron chi connectivity index (χ4n) is 2.89. The van der Waals surface area contributed by atoms with Gasteiger partial charge in [-0.05, 0) is 18.6 Å². The predicted octanol–water partition coefficient (Wildman–Crippen LogP) is 4.11. The predicted molar refractivity (Wildman–Crippen MR) is 127 cm³/mol. The molecule has 1 aromatic carbocycles. The van der Waals surface area contributed by atoms with Crippen molar-refractivity contribution in [1.29, 1.82) is 0 Å². The summed E-state index contributed by atoms with van der Waals surface area (Å²) in [6.07, 6.45) is 11.1. The van der Waals surface area contributed by atoms with Crippen LogP contribution in [0.3, 0.4) is 0 Å². The van der Waals surface area contributed by atoms with Crippen molar-refractivity contribution < 1.29 is 45.4 Å². The van der Waals surface area contributed by atoms with Gasteiger partial charge in [0.1, 0.15) is 0 Å². The van der Waals surface area contributed by atoms with Crippen molar-refractivity contribution in [1.82, 2.24) is 0 Å². The number of carboxylic acids is 2. The molecular weight excluding hydrogens is 488 g/mol. The van der Waals surface area contributed by atoms with Crippen LogP contribution < -0.4 is 0 Å². The Kier molecular flexibility index (Phi) is 16.4. The van der Waals surface area contributed by atoms with E-state index in [4.69, 9.17) is 18.9 Å². The molecule has 1 atom stereocenters. The Bertz CT molecular complexity index is 912. The van der Waals surface area contributed by atoms with Crippen LogP contribution in [0, 0.1) is 0 Å². The molecule has 0 aliphatic heterocycles. The van der Waals surface area contributed by atoms with Crippen molar-refractivity contribution in [2.75, 3.05) is 6.61 Å². The molecule has 0 bridgehead atoms. The summed E-state index contributed by atoms with van der Waals surface area (Å²) in [5.41, 5.74) is 0. The molecule has 3 N–H and O–H groups in total. The molecule has 34 heavy (non-hydrogen) atoms. The largest absolute Gasteiger partial charge is 0.481 e. The smallest absolute Gasteiger partial charge is 0.325 e. The third kappa shape index (κ3) is 15.8. The first kappa shape index (κ1) is 32.0. The van der Waals surface area contributed by atoms with E-state index in [0.717, 1.165) is 12.8 Å². The van der Waals surface area contributed by atoms with Gasteiger partial charge in [-0.15, -0.1) is 0 Å². The number of hydrogen-bond donors (Lipinski definition) is 3. The van der Waals surface area contributed by atoms with Crippen LogP contribution in [0.5, 0.6) is 0 Å². The van der Waals surface area contributed by atoms with Gasteiger partial charge in [-0.1, -0.05) is 82.9 Å². The summed E-state index contributed by atoms with van der Waals surface area (Å²) < 4.78 is 57.5. The molecule has 1 aromatic rings. The Balaban J connectivity index is 0.000000770. The molecule has 0 amide bonds. The maximum atomic E-state index is 11.9. The van der Waals surface area contributed by atoms with E-state index in [1.807, 2.05) is 0 Å². The average Bonchev–Trinajstić information content (AvgIpc) is 2.76. The Morgan fingerprint density at radius 2 is 1.29 bits per heavy atom. The minimum absolute atomic E-state index is 0.238. The maximum absolute atomic E-state index is 11.9. The highest BCUT2D eigenvalue weighted by molar-refractivity contribution is 7.87. The van der Waals surface area contributed by atoms with E-state index in [-0.39, 0.29) is 11.5 Å². The third-order valence-electron chi connectivity index (χ3n) is 4.76. The highest BCUT2D eigenvalue weighted by Crippen LogP contribution is 2.13. The highest BCUT2D eigenvalue weighted by atomic mass is 32.2. The van der Waals surface area contributed by atoms with Gasteiger partial charge in [0.25, 0.3) is 20.2 Å². The van der Waals surface area contributed by atoms with Gasteiger partial charge in [-0.25, -0.2) is 0 Å². The standard InChI is InChI=1S/C18H30O3S.C4H6O7S/c1-2-3-4-5-6-7-8-9-10-14-17-21-22(19,20)18-15-12-11-13-16-18;5-3(6)1-2(4(7)8)12(9,10)11/h11-13,15-16H,2-10,14,17H2,1H3;2H,1H2,(H,5,6)(H,7,8)(H,9,10,11). The lowest BCUT2D eigenvalue weighted by Gasteiger charge is -2.05. The second-order valence-electron chi connectivity index (χ2n) is 7.71. The Hall–Kier alpha value is -2.02. The summed E-state index contributed by atoms with van der Waals surface area (Å²) >= 11 is 0. The van der Waals surface area contributed by atoms with Gasteiger partial charge in [-0.2, -0.15) is 16.8 Å². The van der Waals surface area contributed by atoms with E-state index in [1.165, 1.54) is 51.4 Å². The van der Waals surface area contributed by atoms with Crippen LogP contribution in [0.2, 0.25) is 0 Å². The molecule has 12 heteroatoms. The van der Waals surface area contributed by atoms with Crippen LogP contribution >= 0.6 is 0 Å². The van der Waals surface area contributed by atoms with Gasteiger partial charge in [0.05, 0.1) is 17.9 Å². The lowest BCUT2D eigenvalue weighted by atomic mass is 10.1. The lowest BCUT2D eigenvalue weighted by molar-refractivity contribution is -0.143. The molecule has 10 nitrogen and oxygen atoms in total. The SMILES string of the molecule is CCCCCCCCCCCCOS(=O)(=O)c1ccccc1.O=C(O)CC(C(=O)O)S(=O)(=O)O. The molecule has 0 heterocycles. The van der Waals surface area contributed by atoms with Crippen molar-refractivity contribution in [3.8, 4) is 0 Å². The van der Waals surface area contributed by atoms with Crippen molar-refractivity contribution in [3.05, 3.63) is 30.3 Å². The summed E-state index contributed by atoms with van der Waals surface area (Å²) in [5, 5.41) is 13.9. The van der Waals surface area contributed by atoms with Crippen LogP contribution in [-0.4, -0.2) is 55.4 Å². The molecule has 196 valence electrons. The molecule has 0 spiro atoms. The highest BCUT2D eigenvalue weighted by Gasteiger charge is 2.33. The summed E-state index contributed by atoms with van der Waals surface area (Å²) in [6.45, 7) is 2.52. The van der Waals surface area contributed by atoms with Crippen LogP contribution in [0.1, 0.15) is 77.6 Å². The monoisotopic (exact) mass is 524 g/mol. The zero-order valence-corrected chi connectivity index (χ0v) is 21.1. The molecule has 0 saturated carbocycles. The van der Waals surface area contributed by atoms with E-state index in [9.17, 15) is 26.4 Å². The van der Waals surface area contributed by atoms with Crippen LogP contribution in [0.25, 0.3) is 0 Å². The average molecular weight is 525 g/mol. The van der Waals surface area contributed by atoms with Crippen LogP contribution in [0.4, 0.5) is 0 Å². The second kappa shape index (κ2) is 17.4. The van der Waals surface area contributed by atoms with Gasteiger partial charge in [-0.3, -0.25) is 18.3 Å². The Morgan fingerprint density at radius 3 is 1.68 bits per heavy atom. The van der Waals surface area contributed by atoms with Crippen molar-refractivity contribution in [2.24, 2.45) is 0 Å². The number of hydrogen-bond acceptors (Lipinski definition) is 7. The molecule has 0 aliphatic rings. The minimum Gasteiger partial charge on any atom is -0.481 e. The topological polar surface area (TPSA) is 172 Å². The zero-order valence-electron chi connectivity index (χ0n) is 19.5. The fraction of sp³-hybridized carbons (Fsp3) is 0.636. The molecule has 0 saturated heterocycles. The molecule has 0 aromatic heterocycles. The number of rotatable bonds is 17. The number of unbranched alkanes of at least 4 members (excludes halogenated alkanes) is 9. The normalized spacial score (nSPS) is 12.4. The summed E-state index contributed by atoms with van der Waals surface area (Å²) in [7, 11) is -8.41. The van der Waals surface area contributed by atoms with Crippen molar-refractivity contribution >= 4 is 32.2 Å². The number of aliphatic carboxylic acids is 2. The maximum Gasteiger partial charge on any atom is 0.325 e.